The van der Waals surface area contributed by atoms with Gasteiger partial charge in [-0.3, -0.25) is 4.79 Å². The number of carbonyl (C=O) groups excluding carboxylic acids is 1. The van der Waals surface area contributed by atoms with Crippen molar-refractivity contribution in [1.29, 1.82) is 0 Å². The van der Waals surface area contributed by atoms with Gasteiger partial charge in [-0.1, -0.05) is 346 Å². The number of aliphatic hydroxyl groups excluding tert-OH is 8. The quantitative estimate of drug-likeness (QED) is 0.0204. The van der Waals surface area contributed by atoms with Crippen LogP contribution in [0, 0.1) is 0 Å². The molecule has 0 aromatic carbocycles. The van der Waals surface area contributed by atoms with Crippen LogP contribution < -0.4 is 5.32 Å². The number of unbranched alkanes of at least 4 members (excludes halogenated alkanes) is 50. The Kier molecular flexibility index (Phi) is 59.2. The molecule has 0 aromatic heterocycles. The van der Waals surface area contributed by atoms with E-state index in [-0.39, 0.29) is 12.5 Å². The number of rotatable bonds is 67. The van der Waals surface area contributed by atoms with Crippen molar-refractivity contribution in [2.24, 2.45) is 0 Å². The highest BCUT2D eigenvalue weighted by molar-refractivity contribution is 5.76. The lowest BCUT2D eigenvalue weighted by molar-refractivity contribution is -0.359. The molecule has 0 aliphatic carbocycles. The van der Waals surface area contributed by atoms with Gasteiger partial charge in [-0.2, -0.15) is 0 Å². The Labute approximate surface area is 564 Å². The number of hydrogen-bond acceptors (Lipinski definition) is 13. The van der Waals surface area contributed by atoms with Gasteiger partial charge in [0, 0.05) is 6.42 Å². The molecule has 12 atom stereocenters. The molecule has 0 spiro atoms. The van der Waals surface area contributed by atoms with Crippen molar-refractivity contribution in [2.45, 2.75) is 447 Å². The summed E-state index contributed by atoms with van der Waals surface area (Å²) in [7, 11) is 0. The van der Waals surface area contributed by atoms with Crippen molar-refractivity contribution in [2.75, 3.05) is 19.8 Å². The molecule has 0 bridgehead atoms. The van der Waals surface area contributed by atoms with E-state index in [0.29, 0.717) is 12.8 Å². The normalized spacial score (nSPS) is 22.7. The lowest BCUT2D eigenvalue weighted by Gasteiger charge is -2.46. The first-order valence-electron chi connectivity index (χ1n) is 39.6. The SMILES string of the molecule is CCCCCCC/C=C\C/C=C\CCCCCCCCCCCCCCCCCCCCCCCCCC(=O)NC(COC1OC(CO)C(OC2OC(CO)C(O)C(O)C2O)C(O)C1O)C(O)CCCCCCCCCCCCCCCCCCCCCCCCC. The summed E-state index contributed by atoms with van der Waals surface area (Å²) in [5.74, 6) is -0.197. The van der Waals surface area contributed by atoms with E-state index in [1.165, 1.54) is 289 Å². The second-order valence-electron chi connectivity index (χ2n) is 28.2. The Morgan fingerprint density at radius 2 is 0.717 bits per heavy atom. The van der Waals surface area contributed by atoms with Crippen molar-refractivity contribution in [3.05, 3.63) is 24.3 Å². The van der Waals surface area contributed by atoms with E-state index in [1.807, 2.05) is 0 Å². The molecule has 0 radical (unpaired) electrons. The third kappa shape index (κ3) is 45.9. The fourth-order valence-corrected chi connectivity index (χ4v) is 13.4. The predicted molar refractivity (Wildman–Crippen MR) is 378 cm³/mol. The van der Waals surface area contributed by atoms with Crippen LogP contribution >= 0.6 is 0 Å². The minimum atomic E-state index is -1.78. The number of ether oxygens (including phenoxy) is 4. The molecule has 2 saturated heterocycles. The summed E-state index contributed by atoms with van der Waals surface area (Å²) < 4.78 is 23.0. The van der Waals surface area contributed by atoms with Gasteiger partial charge >= 0.3 is 0 Å². The molecule has 2 fully saturated rings. The van der Waals surface area contributed by atoms with E-state index in [4.69, 9.17) is 18.9 Å². The van der Waals surface area contributed by atoms with Crippen LogP contribution in [0.4, 0.5) is 0 Å². The topological polar surface area (TPSA) is 228 Å². The van der Waals surface area contributed by atoms with Crippen molar-refractivity contribution < 1.29 is 64.6 Å². The molecule has 0 saturated carbocycles. The Morgan fingerprint density at radius 3 is 1.09 bits per heavy atom. The maximum Gasteiger partial charge on any atom is 0.220 e. The lowest BCUT2D eigenvalue weighted by Crippen LogP contribution is -2.65. The fourth-order valence-electron chi connectivity index (χ4n) is 13.4. The van der Waals surface area contributed by atoms with Crippen molar-refractivity contribution in [3.8, 4) is 0 Å². The summed E-state index contributed by atoms with van der Waals surface area (Å²) >= 11 is 0. The zero-order chi connectivity index (χ0) is 66.6. The zero-order valence-corrected chi connectivity index (χ0v) is 59.6. The van der Waals surface area contributed by atoms with Crippen molar-refractivity contribution >= 4 is 5.91 Å². The van der Waals surface area contributed by atoms with Crippen LogP contribution in [-0.4, -0.2) is 140 Å². The first-order chi connectivity index (χ1) is 45.1. The third-order valence-corrected chi connectivity index (χ3v) is 19.7. The van der Waals surface area contributed by atoms with Gasteiger partial charge in [0.15, 0.2) is 12.6 Å². The third-order valence-electron chi connectivity index (χ3n) is 19.7. The van der Waals surface area contributed by atoms with Gasteiger partial charge in [-0.15, -0.1) is 0 Å². The van der Waals surface area contributed by atoms with Crippen molar-refractivity contribution in [3.63, 3.8) is 0 Å². The second-order valence-corrected chi connectivity index (χ2v) is 28.2. The van der Waals surface area contributed by atoms with Gasteiger partial charge in [0.05, 0.1) is 32.0 Å². The number of aliphatic hydroxyl groups is 8. The van der Waals surface area contributed by atoms with Gasteiger partial charge in [-0.25, -0.2) is 0 Å². The second kappa shape index (κ2) is 63.0. The fraction of sp³-hybridized carbons (Fsp3) is 0.936. The number of nitrogens with one attached hydrogen (secondary N) is 1. The Hall–Kier alpha value is -1.53. The number of hydrogen-bond donors (Lipinski definition) is 9. The van der Waals surface area contributed by atoms with Crippen LogP contribution in [0.3, 0.4) is 0 Å². The summed E-state index contributed by atoms with van der Waals surface area (Å²) in [5.41, 5.74) is 0. The standard InChI is InChI=1S/C78H149NO13/c1-3-5-7-9-11-13-15-17-19-21-23-25-27-28-29-30-31-32-33-34-35-36-37-38-40-42-44-46-48-50-52-54-56-58-60-62-70(83)79-66(65-89-77-75(88)73(86)76(69(64-81)91-77)92-78-74(87)72(85)71(84)68(63-80)90-78)67(82)61-59-57-55-53-51-49-47-45-43-41-39-26-24-22-20-18-16-14-12-10-8-6-4-2/h15,17,21,23,66-69,71-78,80-82,84-88H,3-14,16,18-20,22,24-65H2,1-2H3,(H,79,83)/b17-15-,23-21-. The van der Waals surface area contributed by atoms with E-state index < -0.39 is 86.8 Å². The van der Waals surface area contributed by atoms with E-state index in [2.05, 4.69) is 43.5 Å². The molecule has 2 aliphatic heterocycles. The maximum atomic E-state index is 13.4. The average molecular weight is 1310 g/mol. The largest absolute Gasteiger partial charge is 0.394 e. The first kappa shape index (κ1) is 86.6. The van der Waals surface area contributed by atoms with Crippen LogP contribution in [0.1, 0.15) is 373 Å². The van der Waals surface area contributed by atoms with Crippen LogP contribution in [0.2, 0.25) is 0 Å². The molecule has 2 heterocycles. The summed E-state index contributed by atoms with van der Waals surface area (Å²) in [6.45, 7) is 2.92. The summed E-state index contributed by atoms with van der Waals surface area (Å²) in [4.78, 5) is 13.4. The Balaban J connectivity index is 1.59. The number of amides is 1. The molecule has 92 heavy (non-hydrogen) atoms. The van der Waals surface area contributed by atoms with Gasteiger partial charge in [0.2, 0.25) is 5.91 Å². The molecule has 1 amide bonds. The van der Waals surface area contributed by atoms with E-state index in [9.17, 15) is 45.6 Å². The minimum absolute atomic E-state index is 0.197. The number of carbonyl (C=O) groups is 1. The minimum Gasteiger partial charge on any atom is -0.394 e. The molecule has 14 nitrogen and oxygen atoms in total. The summed E-state index contributed by atoms with van der Waals surface area (Å²) in [6.07, 6.45) is 63.6. The molecular formula is C78H149NO13. The lowest BCUT2D eigenvalue weighted by atomic mass is 9.97. The van der Waals surface area contributed by atoms with Crippen LogP contribution in [0.25, 0.3) is 0 Å². The van der Waals surface area contributed by atoms with Gasteiger partial charge in [0.1, 0.15) is 48.8 Å². The molecule has 0 aromatic rings. The van der Waals surface area contributed by atoms with Gasteiger partial charge in [-0.05, 0) is 44.9 Å². The van der Waals surface area contributed by atoms with E-state index in [1.54, 1.807) is 0 Å². The predicted octanol–water partition coefficient (Wildman–Crippen LogP) is 17.5. The Bertz CT molecular complexity index is 1640. The van der Waals surface area contributed by atoms with E-state index in [0.717, 1.165) is 57.8 Å². The zero-order valence-electron chi connectivity index (χ0n) is 59.6. The van der Waals surface area contributed by atoms with Gasteiger partial charge < -0.3 is 65.1 Å². The highest BCUT2D eigenvalue weighted by Crippen LogP contribution is 2.30. The van der Waals surface area contributed by atoms with E-state index >= 15 is 0 Å². The molecule has 12 unspecified atom stereocenters. The van der Waals surface area contributed by atoms with Gasteiger partial charge in [0.25, 0.3) is 0 Å². The summed E-state index contributed by atoms with van der Waals surface area (Å²) in [6, 6.07) is -0.827. The highest BCUT2D eigenvalue weighted by Gasteiger charge is 2.51. The average Bonchev–Trinajstić information content (AvgIpc) is 0.830. The smallest absolute Gasteiger partial charge is 0.220 e. The monoisotopic (exact) mass is 1310 g/mol. The molecule has 14 heteroatoms. The number of allylic oxidation sites excluding steroid dienone is 4. The highest BCUT2D eigenvalue weighted by atomic mass is 16.7. The first-order valence-corrected chi connectivity index (χ1v) is 39.6. The van der Waals surface area contributed by atoms with Crippen LogP contribution in [-0.2, 0) is 23.7 Å². The van der Waals surface area contributed by atoms with Crippen LogP contribution in [0.5, 0.6) is 0 Å². The maximum absolute atomic E-state index is 13.4. The molecular weight excluding hydrogens is 1160 g/mol. The molecule has 9 N–H and O–H groups in total. The molecule has 544 valence electrons. The van der Waals surface area contributed by atoms with Crippen molar-refractivity contribution in [1.82, 2.24) is 5.32 Å². The summed E-state index contributed by atoms with van der Waals surface area (Å²) in [5, 5.41) is 87.8. The van der Waals surface area contributed by atoms with Crippen LogP contribution in [0.15, 0.2) is 24.3 Å². The molecule has 2 rings (SSSR count). The molecule has 2 aliphatic rings. The Morgan fingerprint density at radius 1 is 0.391 bits per heavy atom.